The second-order valence-corrected chi connectivity index (χ2v) is 8.77. The molecule has 2 aliphatic heterocycles. The van der Waals surface area contributed by atoms with Crippen LogP contribution in [0.15, 0.2) is 24.3 Å². The summed E-state index contributed by atoms with van der Waals surface area (Å²) in [6.45, 7) is 3.45. The number of rotatable bonds is 5. The summed E-state index contributed by atoms with van der Waals surface area (Å²) in [5.74, 6) is -0.00780. The standard InChI is InChI=1S/C22H32N4O2/c1-24(16-18-10-4-5-11-19(18)25-14-8-9-15-25)17-26-20(27)22(23-21(26)28)12-6-2-3-7-13-22/h4-5,10-11H,2-3,6-9,12-17H2,1H3,(H,23,28)/p+1. The fraction of sp³-hybridized carbons (Fsp3) is 0.636. The molecule has 0 bridgehead atoms. The average molecular weight is 386 g/mol. The first-order valence-electron chi connectivity index (χ1n) is 10.9. The van der Waals surface area contributed by atoms with Gasteiger partial charge >= 0.3 is 6.03 Å². The van der Waals surface area contributed by atoms with Gasteiger partial charge in [0.25, 0.3) is 5.91 Å². The summed E-state index contributed by atoms with van der Waals surface area (Å²) in [4.78, 5) is 30.8. The van der Waals surface area contributed by atoms with E-state index in [-0.39, 0.29) is 11.9 Å². The first-order valence-corrected chi connectivity index (χ1v) is 10.9. The second kappa shape index (κ2) is 8.11. The maximum atomic E-state index is 13.1. The molecule has 6 nitrogen and oxygen atoms in total. The van der Waals surface area contributed by atoms with Crippen molar-refractivity contribution in [3.8, 4) is 0 Å². The first-order chi connectivity index (χ1) is 13.6. The van der Waals surface area contributed by atoms with Crippen LogP contribution in [0.1, 0.15) is 56.9 Å². The third-order valence-electron chi connectivity index (χ3n) is 6.56. The van der Waals surface area contributed by atoms with Gasteiger partial charge in [-0.05, 0) is 31.7 Å². The van der Waals surface area contributed by atoms with Crippen molar-refractivity contribution in [3.05, 3.63) is 29.8 Å². The molecule has 3 aliphatic rings. The van der Waals surface area contributed by atoms with Gasteiger partial charge in [-0.25, -0.2) is 9.69 Å². The largest absolute Gasteiger partial charge is 0.371 e. The van der Waals surface area contributed by atoms with Gasteiger partial charge in [0.1, 0.15) is 12.1 Å². The number of benzene rings is 1. The molecular weight excluding hydrogens is 352 g/mol. The number of amides is 3. The van der Waals surface area contributed by atoms with Crippen molar-refractivity contribution in [2.45, 2.75) is 63.5 Å². The van der Waals surface area contributed by atoms with E-state index < -0.39 is 5.54 Å². The number of nitrogens with one attached hydrogen (secondary N) is 2. The van der Waals surface area contributed by atoms with Crippen LogP contribution in [0, 0.1) is 0 Å². The third-order valence-corrected chi connectivity index (χ3v) is 6.56. The maximum Gasteiger partial charge on any atom is 0.329 e. The minimum absolute atomic E-state index is 0.00780. The van der Waals surface area contributed by atoms with Crippen LogP contribution in [0.5, 0.6) is 0 Å². The lowest BCUT2D eigenvalue weighted by molar-refractivity contribution is -0.901. The summed E-state index contributed by atoms with van der Waals surface area (Å²) in [5, 5.41) is 3.05. The van der Waals surface area contributed by atoms with Gasteiger partial charge in [-0.2, -0.15) is 0 Å². The van der Waals surface area contributed by atoms with Crippen LogP contribution < -0.4 is 15.1 Å². The van der Waals surface area contributed by atoms with Crippen molar-refractivity contribution in [3.63, 3.8) is 0 Å². The van der Waals surface area contributed by atoms with Crippen LogP contribution >= 0.6 is 0 Å². The molecule has 1 aromatic carbocycles. The molecule has 3 fully saturated rings. The maximum absolute atomic E-state index is 13.1. The number of quaternary nitrogens is 1. The number of nitrogens with zero attached hydrogens (tertiary/aromatic N) is 2. The highest BCUT2D eigenvalue weighted by Crippen LogP contribution is 2.32. The predicted molar refractivity (Wildman–Crippen MR) is 109 cm³/mol. The van der Waals surface area contributed by atoms with Crippen molar-refractivity contribution in [1.82, 2.24) is 10.2 Å². The van der Waals surface area contributed by atoms with Crippen LogP contribution in [0.25, 0.3) is 0 Å². The molecule has 0 radical (unpaired) electrons. The summed E-state index contributed by atoms with van der Waals surface area (Å²) < 4.78 is 0. The Bertz CT molecular complexity index is 721. The van der Waals surface area contributed by atoms with E-state index in [0.29, 0.717) is 6.67 Å². The molecular formula is C22H33N4O2+. The summed E-state index contributed by atoms with van der Waals surface area (Å²) in [7, 11) is 2.07. The van der Waals surface area contributed by atoms with E-state index in [1.807, 2.05) is 0 Å². The highest BCUT2D eigenvalue weighted by atomic mass is 16.2. The fourth-order valence-electron chi connectivity index (χ4n) is 5.07. The Balaban J connectivity index is 1.43. The highest BCUT2D eigenvalue weighted by molar-refractivity contribution is 6.06. The monoisotopic (exact) mass is 385 g/mol. The van der Waals surface area contributed by atoms with Gasteiger partial charge in [-0.15, -0.1) is 0 Å². The van der Waals surface area contributed by atoms with Gasteiger partial charge in [0.15, 0.2) is 6.67 Å². The van der Waals surface area contributed by atoms with Crippen molar-refractivity contribution >= 4 is 17.6 Å². The smallest absolute Gasteiger partial charge is 0.329 e. The Morgan fingerprint density at radius 2 is 1.68 bits per heavy atom. The Labute approximate surface area is 167 Å². The minimum atomic E-state index is -0.638. The number of carbonyl (C=O) groups excluding carboxylic acids is 2. The number of imide groups is 1. The zero-order chi connectivity index (χ0) is 19.6. The Morgan fingerprint density at radius 3 is 2.39 bits per heavy atom. The Hall–Kier alpha value is -2.08. The van der Waals surface area contributed by atoms with Gasteiger partial charge in [0.05, 0.1) is 7.05 Å². The minimum Gasteiger partial charge on any atom is -0.371 e. The molecule has 1 spiro atoms. The molecule has 1 unspecified atom stereocenters. The van der Waals surface area contributed by atoms with Crippen LogP contribution in [-0.4, -0.2) is 49.2 Å². The third kappa shape index (κ3) is 3.75. The van der Waals surface area contributed by atoms with Gasteiger partial charge in [-0.3, -0.25) is 4.79 Å². The van der Waals surface area contributed by atoms with Crippen LogP contribution in [0.4, 0.5) is 10.5 Å². The number of carbonyl (C=O) groups is 2. The number of hydrogen-bond acceptors (Lipinski definition) is 3. The molecule has 2 heterocycles. The predicted octanol–water partition coefficient (Wildman–Crippen LogP) is 1.90. The average Bonchev–Trinajstić information content (AvgIpc) is 3.21. The van der Waals surface area contributed by atoms with E-state index in [0.717, 1.165) is 63.1 Å². The van der Waals surface area contributed by atoms with Crippen molar-refractivity contribution in [1.29, 1.82) is 0 Å². The van der Waals surface area contributed by atoms with Gasteiger partial charge in [0, 0.05) is 24.3 Å². The molecule has 1 aromatic rings. The SMILES string of the molecule is C[NH+](Cc1ccccc1N1CCCC1)CN1C(=O)NC2(CCCCCC2)C1=O. The Morgan fingerprint density at radius 1 is 1.00 bits per heavy atom. The molecule has 0 aromatic heterocycles. The van der Waals surface area contributed by atoms with Crippen LogP contribution in [-0.2, 0) is 11.3 Å². The topological polar surface area (TPSA) is 57.1 Å². The summed E-state index contributed by atoms with van der Waals surface area (Å²) >= 11 is 0. The molecule has 1 atom stereocenters. The summed E-state index contributed by atoms with van der Waals surface area (Å²) in [6, 6.07) is 8.34. The van der Waals surface area contributed by atoms with Crippen molar-refractivity contribution < 1.29 is 14.5 Å². The van der Waals surface area contributed by atoms with Gasteiger partial charge < -0.3 is 15.1 Å². The van der Waals surface area contributed by atoms with Gasteiger partial charge in [0.2, 0.25) is 0 Å². The van der Waals surface area contributed by atoms with E-state index in [2.05, 4.69) is 41.5 Å². The van der Waals surface area contributed by atoms with Crippen molar-refractivity contribution in [2.24, 2.45) is 0 Å². The lowest BCUT2D eigenvalue weighted by atomic mass is 9.90. The quantitative estimate of drug-likeness (QED) is 0.762. The molecule has 152 valence electrons. The molecule has 3 amide bonds. The highest BCUT2D eigenvalue weighted by Gasteiger charge is 2.51. The summed E-state index contributed by atoms with van der Waals surface area (Å²) in [6.07, 6.45) is 8.42. The molecule has 2 N–H and O–H groups in total. The number of anilines is 1. The first kappa shape index (κ1) is 19.2. The fourth-order valence-corrected chi connectivity index (χ4v) is 5.07. The van der Waals surface area contributed by atoms with E-state index in [1.165, 1.54) is 29.0 Å². The molecule has 1 aliphatic carbocycles. The van der Waals surface area contributed by atoms with Crippen LogP contribution in [0.2, 0.25) is 0 Å². The van der Waals surface area contributed by atoms with Crippen molar-refractivity contribution in [2.75, 3.05) is 31.7 Å². The molecule has 6 heteroatoms. The normalized spacial score (nSPS) is 23.2. The number of para-hydroxylation sites is 1. The summed E-state index contributed by atoms with van der Waals surface area (Å²) in [5.41, 5.74) is 1.95. The molecule has 1 saturated carbocycles. The van der Waals surface area contributed by atoms with E-state index in [4.69, 9.17) is 0 Å². The molecule has 2 saturated heterocycles. The zero-order valence-electron chi connectivity index (χ0n) is 17.0. The van der Waals surface area contributed by atoms with Gasteiger partial charge in [-0.1, -0.05) is 43.9 Å². The van der Waals surface area contributed by atoms with E-state index in [9.17, 15) is 9.59 Å². The second-order valence-electron chi connectivity index (χ2n) is 8.77. The number of urea groups is 1. The lowest BCUT2D eigenvalue weighted by Crippen LogP contribution is -3.09. The lowest BCUT2D eigenvalue weighted by Gasteiger charge is -2.26. The van der Waals surface area contributed by atoms with E-state index >= 15 is 0 Å². The zero-order valence-corrected chi connectivity index (χ0v) is 17.0. The molecule has 4 rings (SSSR count). The Kier molecular flexibility index (Phi) is 5.58. The van der Waals surface area contributed by atoms with E-state index in [1.54, 1.807) is 0 Å². The van der Waals surface area contributed by atoms with Crippen LogP contribution in [0.3, 0.4) is 0 Å². The molecule has 28 heavy (non-hydrogen) atoms. The number of hydrogen-bond donors (Lipinski definition) is 2.